The van der Waals surface area contributed by atoms with Gasteiger partial charge in [-0.05, 0) is 13.8 Å². The molecule has 0 aliphatic heterocycles. The van der Waals surface area contributed by atoms with Crippen molar-refractivity contribution in [3.05, 3.63) is 0 Å². The molecule has 5 heteroatoms. The van der Waals surface area contributed by atoms with Gasteiger partial charge in [0.1, 0.15) is 0 Å². The van der Waals surface area contributed by atoms with E-state index in [1.54, 1.807) is 14.2 Å². The largest absolute Gasteiger partial charge is 0.481 e. The minimum absolute atomic E-state index is 0.144. The minimum atomic E-state index is -0.833. The van der Waals surface area contributed by atoms with E-state index in [4.69, 9.17) is 24.1 Å². The van der Waals surface area contributed by atoms with Crippen LogP contribution in [0.5, 0.6) is 0 Å². The third-order valence-electron chi connectivity index (χ3n) is 1.27. The van der Waals surface area contributed by atoms with E-state index in [0.29, 0.717) is 13.2 Å². The number of methoxy groups -OCH3 is 2. The molecule has 0 radical (unpaired) electrons. The van der Waals surface area contributed by atoms with E-state index in [2.05, 4.69) is 0 Å². The third kappa shape index (κ3) is 19.7. The van der Waals surface area contributed by atoms with Crippen LogP contribution in [-0.4, -0.2) is 50.7 Å². The molecular formula is C10H22O5. The van der Waals surface area contributed by atoms with E-state index in [-0.39, 0.29) is 12.2 Å². The monoisotopic (exact) mass is 222 g/mol. The second-order valence-electron chi connectivity index (χ2n) is 3.19. The molecule has 0 bridgehead atoms. The van der Waals surface area contributed by atoms with Gasteiger partial charge in [0.15, 0.2) is 0 Å². The molecule has 0 aromatic carbocycles. The summed E-state index contributed by atoms with van der Waals surface area (Å²) in [5, 5.41) is 7.42. The Balaban J connectivity index is 0. The Morgan fingerprint density at radius 3 is 1.60 bits per heavy atom. The predicted molar refractivity (Wildman–Crippen MR) is 57.1 cm³/mol. The first-order valence-electron chi connectivity index (χ1n) is 4.76. The number of carboxylic acids is 1. The van der Waals surface area contributed by atoms with Crippen molar-refractivity contribution in [1.29, 1.82) is 0 Å². The van der Waals surface area contributed by atoms with E-state index >= 15 is 0 Å². The first-order valence-corrected chi connectivity index (χ1v) is 4.76. The molecule has 5 nitrogen and oxygen atoms in total. The Morgan fingerprint density at radius 2 is 1.40 bits per heavy atom. The van der Waals surface area contributed by atoms with Gasteiger partial charge in [-0.15, -0.1) is 0 Å². The first kappa shape index (κ1) is 16.8. The van der Waals surface area contributed by atoms with Gasteiger partial charge in [0.2, 0.25) is 0 Å². The van der Waals surface area contributed by atoms with Crippen molar-refractivity contribution >= 4 is 5.97 Å². The quantitative estimate of drug-likeness (QED) is 0.730. The van der Waals surface area contributed by atoms with Crippen LogP contribution in [0.3, 0.4) is 0 Å². The van der Waals surface area contributed by atoms with Gasteiger partial charge in [-0.3, -0.25) is 4.79 Å². The van der Waals surface area contributed by atoms with Crippen molar-refractivity contribution in [2.24, 2.45) is 0 Å². The standard InChI is InChI=1S/C8H18O3.C2H4O2/c1-7(5-9-3)11-8(2)6-10-4;1-2(3)4/h7-8H,5-6H2,1-4H3;1H3,(H,3,4). The highest BCUT2D eigenvalue weighted by atomic mass is 16.6. The molecule has 0 aliphatic carbocycles. The molecule has 0 aromatic rings. The maximum atomic E-state index is 9.00. The number of carboxylic acid groups (broad SMARTS) is 1. The van der Waals surface area contributed by atoms with Crippen molar-refractivity contribution in [3.8, 4) is 0 Å². The average molecular weight is 222 g/mol. The highest BCUT2D eigenvalue weighted by Crippen LogP contribution is 1.98. The molecule has 1 N–H and O–H groups in total. The van der Waals surface area contributed by atoms with Crippen LogP contribution >= 0.6 is 0 Å². The van der Waals surface area contributed by atoms with Crippen molar-refractivity contribution in [2.75, 3.05) is 27.4 Å². The fraction of sp³-hybridized carbons (Fsp3) is 0.900. The highest BCUT2D eigenvalue weighted by Gasteiger charge is 2.06. The summed E-state index contributed by atoms with van der Waals surface area (Å²) in [6, 6.07) is 0. The van der Waals surface area contributed by atoms with Gasteiger partial charge in [0.05, 0.1) is 25.4 Å². The van der Waals surface area contributed by atoms with E-state index in [0.717, 1.165) is 6.92 Å². The average Bonchev–Trinajstić information content (AvgIpc) is 2.03. The number of rotatable bonds is 6. The number of carbonyl (C=O) groups is 1. The lowest BCUT2D eigenvalue weighted by atomic mass is 10.4. The maximum Gasteiger partial charge on any atom is 0.300 e. The molecule has 0 spiro atoms. The molecule has 0 aliphatic rings. The Kier molecular flexibility index (Phi) is 12.8. The van der Waals surface area contributed by atoms with E-state index in [9.17, 15) is 0 Å². The van der Waals surface area contributed by atoms with Gasteiger partial charge < -0.3 is 19.3 Å². The summed E-state index contributed by atoms with van der Waals surface area (Å²) in [5.41, 5.74) is 0. The van der Waals surface area contributed by atoms with Gasteiger partial charge in [0.25, 0.3) is 5.97 Å². The summed E-state index contributed by atoms with van der Waals surface area (Å²) < 4.78 is 15.3. The van der Waals surface area contributed by atoms with Crippen LogP contribution in [0, 0.1) is 0 Å². The van der Waals surface area contributed by atoms with Crippen molar-refractivity contribution in [3.63, 3.8) is 0 Å². The molecule has 2 atom stereocenters. The number of hydrogen-bond acceptors (Lipinski definition) is 4. The summed E-state index contributed by atoms with van der Waals surface area (Å²) in [7, 11) is 3.34. The summed E-state index contributed by atoms with van der Waals surface area (Å²) in [6.45, 7) is 6.31. The SMILES string of the molecule is CC(=O)O.COCC(C)OC(C)COC. The molecule has 0 rings (SSSR count). The molecule has 0 amide bonds. The molecule has 2 unspecified atom stereocenters. The molecule has 15 heavy (non-hydrogen) atoms. The lowest BCUT2D eigenvalue weighted by Gasteiger charge is -2.17. The van der Waals surface area contributed by atoms with Crippen molar-refractivity contribution in [2.45, 2.75) is 33.0 Å². The number of hydrogen-bond donors (Lipinski definition) is 1. The van der Waals surface area contributed by atoms with Gasteiger partial charge >= 0.3 is 0 Å². The molecule has 92 valence electrons. The van der Waals surface area contributed by atoms with Gasteiger partial charge in [-0.2, -0.15) is 0 Å². The molecule has 0 saturated heterocycles. The number of ether oxygens (including phenoxy) is 3. The zero-order chi connectivity index (χ0) is 12.3. The molecule has 0 aromatic heterocycles. The van der Waals surface area contributed by atoms with E-state index in [1.165, 1.54) is 0 Å². The van der Waals surface area contributed by atoms with Crippen LogP contribution < -0.4 is 0 Å². The second-order valence-corrected chi connectivity index (χ2v) is 3.19. The summed E-state index contributed by atoms with van der Waals surface area (Å²) >= 11 is 0. The van der Waals surface area contributed by atoms with E-state index < -0.39 is 5.97 Å². The van der Waals surface area contributed by atoms with Crippen molar-refractivity contribution < 1.29 is 24.1 Å². The Labute approximate surface area is 91.3 Å². The number of aliphatic carboxylic acids is 1. The Morgan fingerprint density at radius 1 is 1.13 bits per heavy atom. The summed E-state index contributed by atoms with van der Waals surface area (Å²) in [6.07, 6.45) is 0.287. The third-order valence-corrected chi connectivity index (χ3v) is 1.27. The van der Waals surface area contributed by atoms with Crippen LogP contribution in [0.4, 0.5) is 0 Å². The van der Waals surface area contributed by atoms with Crippen LogP contribution in [0.25, 0.3) is 0 Å². The van der Waals surface area contributed by atoms with Crippen LogP contribution in [0.2, 0.25) is 0 Å². The Bertz CT molecular complexity index is 135. The highest BCUT2D eigenvalue weighted by molar-refractivity contribution is 5.62. The summed E-state index contributed by atoms with van der Waals surface area (Å²) in [5.74, 6) is -0.833. The minimum Gasteiger partial charge on any atom is -0.481 e. The maximum absolute atomic E-state index is 9.00. The first-order chi connectivity index (χ1) is 6.93. The molecule has 0 fully saturated rings. The van der Waals surface area contributed by atoms with Crippen molar-refractivity contribution in [1.82, 2.24) is 0 Å². The zero-order valence-corrected chi connectivity index (χ0v) is 10.1. The second kappa shape index (κ2) is 11.4. The van der Waals surface area contributed by atoms with Crippen LogP contribution in [0.15, 0.2) is 0 Å². The molecular weight excluding hydrogens is 200 g/mol. The van der Waals surface area contributed by atoms with Gasteiger partial charge in [-0.25, -0.2) is 0 Å². The lowest BCUT2D eigenvalue weighted by molar-refractivity contribution is -0.134. The van der Waals surface area contributed by atoms with Gasteiger partial charge in [-0.1, -0.05) is 0 Å². The van der Waals surface area contributed by atoms with Crippen LogP contribution in [0.1, 0.15) is 20.8 Å². The Hall–Kier alpha value is -0.650. The topological polar surface area (TPSA) is 65.0 Å². The molecule has 0 saturated carbocycles. The predicted octanol–water partition coefficient (Wildman–Crippen LogP) is 1.16. The fourth-order valence-electron chi connectivity index (χ4n) is 0.945. The van der Waals surface area contributed by atoms with E-state index in [1.807, 2.05) is 13.8 Å². The normalized spacial score (nSPS) is 13.7. The van der Waals surface area contributed by atoms with Gasteiger partial charge in [0, 0.05) is 21.1 Å². The molecule has 0 heterocycles. The fourth-order valence-corrected chi connectivity index (χ4v) is 0.945. The summed E-state index contributed by atoms with van der Waals surface area (Å²) in [4.78, 5) is 9.00. The lowest BCUT2D eigenvalue weighted by Crippen LogP contribution is -2.24. The van der Waals surface area contributed by atoms with Crippen LogP contribution in [-0.2, 0) is 19.0 Å². The zero-order valence-electron chi connectivity index (χ0n) is 10.1. The smallest absolute Gasteiger partial charge is 0.300 e.